The average Bonchev–Trinajstić information content (AvgIpc) is 3.09. The number of nitrogens with zero attached hydrogens (tertiary/aromatic N) is 3. The molecule has 1 amide bonds. The maximum absolute atomic E-state index is 12.6. The third-order valence-corrected chi connectivity index (χ3v) is 4.36. The van der Waals surface area contributed by atoms with Crippen LogP contribution in [0, 0.1) is 0 Å². The molecule has 3 rings (SSSR count). The van der Waals surface area contributed by atoms with Crippen LogP contribution in [0.25, 0.3) is 0 Å². The monoisotopic (exact) mass is 327 g/mol. The predicted octanol–water partition coefficient (Wildman–Crippen LogP) is 1.35. The summed E-state index contributed by atoms with van der Waals surface area (Å²) in [5.74, 6) is -0.939. The van der Waals surface area contributed by atoms with Gasteiger partial charge in [-0.25, -0.2) is 0 Å². The largest absolute Gasteiger partial charge is 0.481 e. The van der Waals surface area contributed by atoms with Gasteiger partial charge in [0.1, 0.15) is 5.41 Å². The molecule has 7 nitrogen and oxygen atoms in total. The Morgan fingerprint density at radius 3 is 2.50 bits per heavy atom. The summed E-state index contributed by atoms with van der Waals surface area (Å²) in [6.45, 7) is 0.465. The van der Waals surface area contributed by atoms with E-state index in [0.717, 1.165) is 0 Å². The van der Waals surface area contributed by atoms with Crippen LogP contribution in [0.1, 0.15) is 22.5 Å². The van der Waals surface area contributed by atoms with Crippen LogP contribution in [0.15, 0.2) is 42.5 Å². The molecule has 0 aliphatic carbocycles. The number of carbonyl (C=O) groups excluding carboxylic acids is 1. The van der Waals surface area contributed by atoms with E-state index in [1.807, 2.05) is 6.07 Å². The van der Waals surface area contributed by atoms with E-state index in [0.29, 0.717) is 24.4 Å². The molecule has 1 aliphatic heterocycles. The number of carbonyl (C=O) groups is 2. The quantitative estimate of drug-likeness (QED) is 0.911. The first-order valence-corrected chi connectivity index (χ1v) is 7.53. The lowest BCUT2D eigenvalue weighted by molar-refractivity contribution is -0.143. The van der Waals surface area contributed by atoms with Gasteiger partial charge in [0, 0.05) is 19.2 Å². The summed E-state index contributed by atoms with van der Waals surface area (Å²) < 4.78 is 4.92. The molecule has 1 N–H and O–H groups in total. The number of benzene rings is 1. The van der Waals surface area contributed by atoms with Crippen molar-refractivity contribution in [1.29, 1.82) is 0 Å². The molecule has 2 heterocycles. The summed E-state index contributed by atoms with van der Waals surface area (Å²) in [4.78, 5) is 26.0. The topological polar surface area (TPSA) is 92.6 Å². The molecule has 1 aromatic heterocycles. The number of hydrogen-bond acceptors (Lipinski definition) is 5. The van der Waals surface area contributed by atoms with E-state index < -0.39 is 11.4 Å². The Morgan fingerprint density at radius 1 is 1.17 bits per heavy atom. The number of rotatable bonds is 4. The fourth-order valence-electron chi connectivity index (χ4n) is 2.98. The highest BCUT2D eigenvalue weighted by Gasteiger charge is 2.47. The number of likely N-dealkylation sites (tertiary alicyclic amines) is 1. The van der Waals surface area contributed by atoms with E-state index in [9.17, 15) is 14.7 Å². The molecule has 1 unspecified atom stereocenters. The van der Waals surface area contributed by atoms with Gasteiger partial charge in [0.2, 0.25) is 5.88 Å². The molecular formula is C17H17N3O4. The zero-order valence-corrected chi connectivity index (χ0v) is 13.2. The van der Waals surface area contributed by atoms with Crippen LogP contribution in [0.4, 0.5) is 0 Å². The molecule has 24 heavy (non-hydrogen) atoms. The number of methoxy groups -OCH3 is 1. The van der Waals surface area contributed by atoms with Crippen LogP contribution >= 0.6 is 0 Å². The van der Waals surface area contributed by atoms with Gasteiger partial charge in [0.05, 0.1) is 7.11 Å². The Labute approximate surface area is 138 Å². The summed E-state index contributed by atoms with van der Waals surface area (Å²) in [5, 5.41) is 17.4. The van der Waals surface area contributed by atoms with Crippen molar-refractivity contribution < 1.29 is 19.4 Å². The lowest BCUT2D eigenvalue weighted by atomic mass is 9.80. The number of ether oxygens (including phenoxy) is 1. The maximum Gasteiger partial charge on any atom is 0.316 e. The van der Waals surface area contributed by atoms with E-state index in [2.05, 4.69) is 10.2 Å². The fraction of sp³-hybridized carbons (Fsp3) is 0.294. The number of amides is 1. The van der Waals surface area contributed by atoms with E-state index in [-0.39, 0.29) is 18.1 Å². The third kappa shape index (κ3) is 2.68. The second kappa shape index (κ2) is 6.27. The van der Waals surface area contributed by atoms with Gasteiger partial charge in [-0.2, -0.15) is 0 Å². The highest BCUT2D eigenvalue weighted by molar-refractivity contribution is 5.94. The minimum absolute atomic E-state index is 0.110. The van der Waals surface area contributed by atoms with Gasteiger partial charge in [-0.1, -0.05) is 30.3 Å². The zero-order chi connectivity index (χ0) is 17.2. The second-order valence-electron chi connectivity index (χ2n) is 5.69. The Morgan fingerprint density at radius 2 is 1.92 bits per heavy atom. The Balaban J connectivity index is 1.84. The van der Waals surface area contributed by atoms with E-state index in [4.69, 9.17) is 4.74 Å². The van der Waals surface area contributed by atoms with Crippen molar-refractivity contribution >= 4 is 11.9 Å². The fourth-order valence-corrected chi connectivity index (χ4v) is 2.98. The van der Waals surface area contributed by atoms with Crippen LogP contribution in [-0.4, -0.2) is 52.3 Å². The van der Waals surface area contributed by atoms with Gasteiger partial charge in [-0.3, -0.25) is 9.59 Å². The van der Waals surface area contributed by atoms with Crippen LogP contribution in [0.2, 0.25) is 0 Å². The van der Waals surface area contributed by atoms with E-state index >= 15 is 0 Å². The number of hydrogen-bond donors (Lipinski definition) is 1. The summed E-state index contributed by atoms with van der Waals surface area (Å²) in [7, 11) is 1.47. The van der Waals surface area contributed by atoms with Crippen LogP contribution in [0.3, 0.4) is 0 Å². The van der Waals surface area contributed by atoms with Gasteiger partial charge in [-0.15, -0.1) is 10.2 Å². The first-order chi connectivity index (χ1) is 11.6. The SMILES string of the molecule is COc1ccc(C(=O)N2CCC(C(=O)O)(c3ccccc3)C2)nn1. The van der Waals surface area contributed by atoms with Gasteiger partial charge in [0.15, 0.2) is 5.69 Å². The normalized spacial score (nSPS) is 20.0. The van der Waals surface area contributed by atoms with Crippen molar-refractivity contribution in [3.05, 3.63) is 53.7 Å². The Bertz CT molecular complexity index is 748. The highest BCUT2D eigenvalue weighted by Crippen LogP contribution is 2.35. The van der Waals surface area contributed by atoms with Gasteiger partial charge in [0.25, 0.3) is 5.91 Å². The molecule has 1 aliphatic rings. The van der Waals surface area contributed by atoms with Gasteiger partial charge in [-0.05, 0) is 18.1 Å². The molecule has 0 spiro atoms. The number of carboxylic acids is 1. The molecule has 7 heteroatoms. The molecule has 1 atom stereocenters. The standard InChI is InChI=1S/C17H17N3O4/c1-24-14-8-7-13(18-19-14)15(21)20-10-9-17(11-20,16(22)23)12-5-3-2-4-6-12/h2-8H,9-11H2,1H3,(H,22,23). The number of aromatic nitrogens is 2. The van der Waals surface area contributed by atoms with E-state index in [1.165, 1.54) is 18.1 Å². The maximum atomic E-state index is 12.6. The second-order valence-corrected chi connectivity index (χ2v) is 5.69. The molecule has 1 fully saturated rings. The van der Waals surface area contributed by atoms with Gasteiger partial charge >= 0.3 is 5.97 Å². The molecular weight excluding hydrogens is 310 g/mol. The minimum atomic E-state index is -1.09. The van der Waals surface area contributed by atoms with Crippen LogP contribution in [0.5, 0.6) is 5.88 Å². The van der Waals surface area contributed by atoms with Crippen molar-refractivity contribution in [2.45, 2.75) is 11.8 Å². The van der Waals surface area contributed by atoms with E-state index in [1.54, 1.807) is 30.3 Å². The molecule has 1 aromatic carbocycles. The Kier molecular flexibility index (Phi) is 4.16. The summed E-state index contributed by atoms with van der Waals surface area (Å²) in [6, 6.07) is 12.1. The van der Waals surface area contributed by atoms with Crippen LogP contribution in [-0.2, 0) is 10.2 Å². The molecule has 2 aromatic rings. The lowest BCUT2D eigenvalue weighted by Gasteiger charge is -2.25. The van der Waals surface area contributed by atoms with Crippen LogP contribution < -0.4 is 4.74 Å². The van der Waals surface area contributed by atoms with Crippen molar-refractivity contribution in [3.63, 3.8) is 0 Å². The lowest BCUT2D eigenvalue weighted by Crippen LogP contribution is -2.40. The summed E-state index contributed by atoms with van der Waals surface area (Å²) in [6.07, 6.45) is 0.363. The summed E-state index contributed by atoms with van der Waals surface area (Å²) >= 11 is 0. The Hall–Kier alpha value is -2.96. The minimum Gasteiger partial charge on any atom is -0.481 e. The van der Waals surface area contributed by atoms with Gasteiger partial charge < -0.3 is 14.7 Å². The van der Waals surface area contributed by atoms with Crippen molar-refractivity contribution in [3.8, 4) is 5.88 Å². The van der Waals surface area contributed by atoms with Crippen molar-refractivity contribution in [1.82, 2.24) is 15.1 Å². The highest BCUT2D eigenvalue weighted by atomic mass is 16.5. The first kappa shape index (κ1) is 15.9. The zero-order valence-electron chi connectivity index (χ0n) is 13.2. The molecule has 0 radical (unpaired) electrons. The smallest absolute Gasteiger partial charge is 0.316 e. The summed E-state index contributed by atoms with van der Waals surface area (Å²) in [5.41, 5.74) is -0.213. The predicted molar refractivity (Wildman–Crippen MR) is 84.9 cm³/mol. The van der Waals surface area contributed by atoms with Crippen molar-refractivity contribution in [2.24, 2.45) is 0 Å². The third-order valence-electron chi connectivity index (χ3n) is 4.36. The number of carboxylic acid groups (broad SMARTS) is 1. The molecule has 1 saturated heterocycles. The molecule has 0 saturated carbocycles. The molecule has 0 bridgehead atoms. The average molecular weight is 327 g/mol. The number of aliphatic carboxylic acids is 1. The first-order valence-electron chi connectivity index (χ1n) is 7.53. The molecule has 124 valence electrons. The van der Waals surface area contributed by atoms with Crippen molar-refractivity contribution in [2.75, 3.05) is 20.2 Å².